The summed E-state index contributed by atoms with van der Waals surface area (Å²) in [5.74, 6) is 0.205. The summed E-state index contributed by atoms with van der Waals surface area (Å²) in [5, 5.41) is 9.45. The molecule has 0 aliphatic rings. The summed E-state index contributed by atoms with van der Waals surface area (Å²) in [5.41, 5.74) is 7.27. The third-order valence-corrected chi connectivity index (χ3v) is 2.07. The lowest BCUT2D eigenvalue weighted by atomic mass is 10.0. The van der Waals surface area contributed by atoms with Gasteiger partial charge in [0.2, 0.25) is 0 Å². The summed E-state index contributed by atoms with van der Waals surface area (Å²) < 4.78 is 0. The maximum absolute atomic E-state index is 9.45. The van der Waals surface area contributed by atoms with Crippen LogP contribution in [0.4, 0.5) is 0 Å². The van der Waals surface area contributed by atoms with Crippen LogP contribution in [0.15, 0.2) is 24.3 Å². The first-order valence-electron chi connectivity index (χ1n) is 3.81. The van der Waals surface area contributed by atoms with E-state index in [9.17, 15) is 5.11 Å². The minimum Gasteiger partial charge on any atom is -0.387 e. The van der Waals surface area contributed by atoms with Crippen molar-refractivity contribution in [2.24, 2.45) is 5.73 Å². The molecule has 0 aliphatic carbocycles. The van der Waals surface area contributed by atoms with Crippen molar-refractivity contribution in [3.63, 3.8) is 0 Å². The topological polar surface area (TPSA) is 46.2 Å². The van der Waals surface area contributed by atoms with Crippen LogP contribution < -0.4 is 5.73 Å². The molecule has 1 atom stereocenters. The molecule has 3 heteroatoms. The van der Waals surface area contributed by atoms with Crippen LogP contribution in [0.25, 0.3) is 0 Å². The van der Waals surface area contributed by atoms with Crippen LogP contribution in [0.3, 0.4) is 0 Å². The normalized spacial score (nSPS) is 12.9. The van der Waals surface area contributed by atoms with Crippen LogP contribution in [-0.4, -0.2) is 11.0 Å². The standard InChI is InChI=1S/C9H12ClNO/c10-5-9(12)8-4-2-1-3-7(8)6-11/h1-4,9,12H,5-6,11H2. The van der Waals surface area contributed by atoms with E-state index in [0.29, 0.717) is 6.54 Å². The Bertz CT molecular complexity index is 252. The highest BCUT2D eigenvalue weighted by Crippen LogP contribution is 2.18. The van der Waals surface area contributed by atoms with E-state index in [1.807, 2.05) is 24.3 Å². The van der Waals surface area contributed by atoms with Crippen molar-refractivity contribution in [3.05, 3.63) is 35.4 Å². The summed E-state index contributed by atoms with van der Waals surface area (Å²) in [7, 11) is 0. The molecule has 1 aromatic rings. The monoisotopic (exact) mass is 185 g/mol. The summed E-state index contributed by atoms with van der Waals surface area (Å²) in [6.07, 6.45) is -0.605. The van der Waals surface area contributed by atoms with Gasteiger partial charge >= 0.3 is 0 Å². The second kappa shape index (κ2) is 4.45. The number of hydrogen-bond acceptors (Lipinski definition) is 2. The largest absolute Gasteiger partial charge is 0.387 e. The predicted molar refractivity (Wildman–Crippen MR) is 50.0 cm³/mol. The zero-order valence-corrected chi connectivity index (χ0v) is 7.46. The molecular formula is C9H12ClNO. The van der Waals surface area contributed by atoms with Gasteiger partial charge in [-0.25, -0.2) is 0 Å². The van der Waals surface area contributed by atoms with E-state index in [0.717, 1.165) is 11.1 Å². The Balaban J connectivity index is 2.96. The van der Waals surface area contributed by atoms with E-state index >= 15 is 0 Å². The van der Waals surface area contributed by atoms with E-state index in [-0.39, 0.29) is 5.88 Å². The molecule has 0 aromatic heterocycles. The molecule has 0 heterocycles. The molecule has 0 radical (unpaired) electrons. The molecule has 0 aliphatic heterocycles. The van der Waals surface area contributed by atoms with Gasteiger partial charge in [-0.15, -0.1) is 11.6 Å². The third kappa shape index (κ3) is 1.97. The van der Waals surface area contributed by atoms with Crippen LogP contribution in [0.2, 0.25) is 0 Å². The Labute approximate surface area is 77.0 Å². The Hall–Kier alpha value is -0.570. The SMILES string of the molecule is NCc1ccccc1C(O)CCl. The second-order valence-corrected chi connectivity index (χ2v) is 2.88. The molecule has 1 rings (SSSR count). The smallest absolute Gasteiger partial charge is 0.0928 e. The van der Waals surface area contributed by atoms with Gasteiger partial charge in [-0.05, 0) is 11.1 Å². The van der Waals surface area contributed by atoms with Crippen LogP contribution in [0, 0.1) is 0 Å². The van der Waals surface area contributed by atoms with Gasteiger partial charge in [-0.1, -0.05) is 24.3 Å². The number of alkyl halides is 1. The molecule has 0 bridgehead atoms. The first-order valence-corrected chi connectivity index (χ1v) is 4.35. The fraction of sp³-hybridized carbons (Fsp3) is 0.333. The zero-order valence-electron chi connectivity index (χ0n) is 6.70. The summed E-state index contributed by atoms with van der Waals surface area (Å²) in [6.45, 7) is 0.435. The summed E-state index contributed by atoms with van der Waals surface area (Å²) in [6, 6.07) is 7.50. The fourth-order valence-corrected chi connectivity index (χ4v) is 1.29. The van der Waals surface area contributed by atoms with Gasteiger partial charge in [0.1, 0.15) is 0 Å². The van der Waals surface area contributed by atoms with E-state index < -0.39 is 6.10 Å². The Morgan fingerprint density at radius 3 is 2.67 bits per heavy atom. The molecule has 0 saturated heterocycles. The van der Waals surface area contributed by atoms with Gasteiger partial charge in [-0.3, -0.25) is 0 Å². The average molecular weight is 186 g/mol. The molecule has 66 valence electrons. The lowest BCUT2D eigenvalue weighted by Crippen LogP contribution is -2.06. The van der Waals surface area contributed by atoms with Crippen molar-refractivity contribution in [1.82, 2.24) is 0 Å². The molecule has 0 amide bonds. The Morgan fingerprint density at radius 1 is 1.42 bits per heavy atom. The predicted octanol–water partition coefficient (Wildman–Crippen LogP) is 1.42. The molecule has 0 fully saturated rings. The molecule has 3 N–H and O–H groups in total. The molecular weight excluding hydrogens is 174 g/mol. The quantitative estimate of drug-likeness (QED) is 0.700. The average Bonchev–Trinajstić information content (AvgIpc) is 2.16. The highest BCUT2D eigenvalue weighted by molar-refractivity contribution is 6.18. The highest BCUT2D eigenvalue weighted by atomic mass is 35.5. The van der Waals surface area contributed by atoms with Crippen molar-refractivity contribution in [3.8, 4) is 0 Å². The van der Waals surface area contributed by atoms with Gasteiger partial charge in [0, 0.05) is 6.54 Å². The minimum atomic E-state index is -0.605. The lowest BCUT2D eigenvalue weighted by molar-refractivity contribution is 0.201. The number of benzene rings is 1. The van der Waals surface area contributed by atoms with Crippen LogP contribution in [-0.2, 0) is 6.54 Å². The van der Waals surface area contributed by atoms with E-state index in [1.54, 1.807) is 0 Å². The molecule has 0 spiro atoms. The Kier molecular flexibility index (Phi) is 3.53. The first-order chi connectivity index (χ1) is 5.79. The van der Waals surface area contributed by atoms with Crippen molar-refractivity contribution in [1.29, 1.82) is 0 Å². The van der Waals surface area contributed by atoms with Gasteiger partial charge in [0.15, 0.2) is 0 Å². The number of halogens is 1. The van der Waals surface area contributed by atoms with E-state index in [1.165, 1.54) is 0 Å². The molecule has 1 aromatic carbocycles. The third-order valence-electron chi connectivity index (χ3n) is 1.78. The number of rotatable bonds is 3. The zero-order chi connectivity index (χ0) is 8.97. The van der Waals surface area contributed by atoms with Crippen LogP contribution in [0.1, 0.15) is 17.2 Å². The van der Waals surface area contributed by atoms with Crippen molar-refractivity contribution >= 4 is 11.6 Å². The molecule has 2 nitrogen and oxygen atoms in total. The second-order valence-electron chi connectivity index (χ2n) is 2.57. The summed E-state index contributed by atoms with van der Waals surface area (Å²) in [4.78, 5) is 0. The van der Waals surface area contributed by atoms with Gasteiger partial charge in [0.25, 0.3) is 0 Å². The van der Waals surface area contributed by atoms with Crippen molar-refractivity contribution in [2.75, 3.05) is 5.88 Å². The number of aliphatic hydroxyl groups is 1. The number of aliphatic hydroxyl groups excluding tert-OH is 1. The maximum Gasteiger partial charge on any atom is 0.0928 e. The molecule has 1 unspecified atom stereocenters. The van der Waals surface area contributed by atoms with Crippen LogP contribution >= 0.6 is 11.6 Å². The fourth-order valence-electron chi connectivity index (χ4n) is 1.13. The summed E-state index contributed by atoms with van der Waals surface area (Å²) >= 11 is 5.52. The van der Waals surface area contributed by atoms with Crippen molar-refractivity contribution in [2.45, 2.75) is 12.6 Å². The van der Waals surface area contributed by atoms with E-state index in [4.69, 9.17) is 17.3 Å². The van der Waals surface area contributed by atoms with Crippen LogP contribution in [0.5, 0.6) is 0 Å². The van der Waals surface area contributed by atoms with Crippen molar-refractivity contribution < 1.29 is 5.11 Å². The van der Waals surface area contributed by atoms with Gasteiger partial charge in [0.05, 0.1) is 12.0 Å². The molecule has 0 saturated carbocycles. The Morgan fingerprint density at radius 2 is 2.08 bits per heavy atom. The highest BCUT2D eigenvalue weighted by Gasteiger charge is 2.08. The molecule has 12 heavy (non-hydrogen) atoms. The lowest BCUT2D eigenvalue weighted by Gasteiger charge is -2.11. The number of hydrogen-bond donors (Lipinski definition) is 2. The number of nitrogens with two attached hydrogens (primary N) is 1. The first kappa shape index (κ1) is 9.52. The maximum atomic E-state index is 9.45. The van der Waals surface area contributed by atoms with E-state index in [2.05, 4.69) is 0 Å². The van der Waals surface area contributed by atoms with Gasteiger partial charge < -0.3 is 10.8 Å². The van der Waals surface area contributed by atoms with Gasteiger partial charge in [-0.2, -0.15) is 0 Å². The minimum absolute atomic E-state index is 0.205.